The van der Waals surface area contributed by atoms with E-state index in [0.29, 0.717) is 24.2 Å². The van der Waals surface area contributed by atoms with E-state index in [-0.39, 0.29) is 11.6 Å². The van der Waals surface area contributed by atoms with E-state index in [4.69, 9.17) is 5.73 Å². The van der Waals surface area contributed by atoms with Crippen LogP contribution < -0.4 is 16.2 Å². The standard InChI is InChI=1S/C25H25N5O/c26-15-21-6-1-2-7-22(21)17-30-24(29-14-4-8-23(27)18-29)12-11-20(25(30)31)10-9-19-5-3-13-28-16-19/h1-3,5-7,9-13,16,23H,4,8,14,17-18,27H2. The van der Waals surface area contributed by atoms with Gasteiger partial charge in [0.2, 0.25) is 0 Å². The van der Waals surface area contributed by atoms with Crippen LogP contribution in [0, 0.1) is 11.3 Å². The molecular weight excluding hydrogens is 386 g/mol. The molecule has 3 aromatic rings. The summed E-state index contributed by atoms with van der Waals surface area (Å²) in [7, 11) is 0. The van der Waals surface area contributed by atoms with E-state index in [1.54, 1.807) is 23.0 Å². The molecule has 1 aromatic carbocycles. The molecule has 3 heterocycles. The lowest BCUT2D eigenvalue weighted by molar-refractivity contribution is 0.496. The molecule has 0 amide bonds. The van der Waals surface area contributed by atoms with Gasteiger partial charge in [-0.1, -0.05) is 30.3 Å². The molecule has 1 aliphatic heterocycles. The normalized spacial score (nSPS) is 16.4. The predicted octanol–water partition coefficient (Wildman–Crippen LogP) is 3.26. The Hall–Kier alpha value is -3.69. The summed E-state index contributed by atoms with van der Waals surface area (Å²) in [6, 6.07) is 17.4. The first-order chi connectivity index (χ1) is 15.2. The molecule has 0 radical (unpaired) electrons. The van der Waals surface area contributed by atoms with E-state index in [2.05, 4.69) is 16.0 Å². The van der Waals surface area contributed by atoms with Crippen molar-refractivity contribution in [1.29, 1.82) is 5.26 Å². The van der Waals surface area contributed by atoms with Crippen LogP contribution in [0.1, 0.15) is 35.1 Å². The molecule has 0 saturated carbocycles. The Morgan fingerprint density at radius 2 is 2.03 bits per heavy atom. The fourth-order valence-electron chi connectivity index (χ4n) is 3.96. The van der Waals surface area contributed by atoms with Crippen molar-refractivity contribution in [3.05, 3.63) is 93.5 Å². The lowest BCUT2D eigenvalue weighted by Crippen LogP contribution is -2.45. The van der Waals surface area contributed by atoms with Gasteiger partial charge in [-0.3, -0.25) is 14.3 Å². The molecule has 31 heavy (non-hydrogen) atoms. The summed E-state index contributed by atoms with van der Waals surface area (Å²) in [5, 5.41) is 9.50. The highest BCUT2D eigenvalue weighted by Gasteiger charge is 2.21. The number of hydrogen-bond donors (Lipinski definition) is 1. The third-order valence-corrected chi connectivity index (χ3v) is 5.57. The molecule has 0 spiro atoms. The molecule has 0 aliphatic carbocycles. The Balaban J connectivity index is 1.76. The van der Waals surface area contributed by atoms with Gasteiger partial charge in [-0.15, -0.1) is 0 Å². The Labute approximate surface area is 181 Å². The average molecular weight is 412 g/mol. The van der Waals surface area contributed by atoms with Crippen LogP contribution in [0.25, 0.3) is 12.2 Å². The van der Waals surface area contributed by atoms with E-state index < -0.39 is 0 Å². The van der Waals surface area contributed by atoms with Crippen LogP contribution in [0.4, 0.5) is 5.82 Å². The molecule has 156 valence electrons. The van der Waals surface area contributed by atoms with Crippen molar-refractivity contribution >= 4 is 18.0 Å². The molecule has 1 aliphatic rings. The van der Waals surface area contributed by atoms with Gasteiger partial charge >= 0.3 is 0 Å². The van der Waals surface area contributed by atoms with Gasteiger partial charge in [0.1, 0.15) is 5.82 Å². The number of hydrogen-bond acceptors (Lipinski definition) is 5. The summed E-state index contributed by atoms with van der Waals surface area (Å²) >= 11 is 0. The van der Waals surface area contributed by atoms with Crippen molar-refractivity contribution in [2.24, 2.45) is 5.73 Å². The van der Waals surface area contributed by atoms with Gasteiger partial charge in [0.15, 0.2) is 0 Å². The molecule has 1 fully saturated rings. The minimum atomic E-state index is -0.0930. The van der Waals surface area contributed by atoms with E-state index >= 15 is 0 Å². The Kier molecular flexibility index (Phi) is 6.25. The maximum atomic E-state index is 13.5. The van der Waals surface area contributed by atoms with Gasteiger partial charge in [0, 0.05) is 37.1 Å². The van der Waals surface area contributed by atoms with Crippen molar-refractivity contribution in [2.45, 2.75) is 25.4 Å². The second-order valence-electron chi connectivity index (χ2n) is 7.78. The van der Waals surface area contributed by atoms with Crippen LogP contribution in [0.3, 0.4) is 0 Å². The summed E-state index contributed by atoms with van der Waals surface area (Å²) in [5.41, 5.74) is 9.02. The van der Waals surface area contributed by atoms with Gasteiger partial charge in [-0.25, -0.2) is 0 Å². The number of nitriles is 1. The monoisotopic (exact) mass is 411 g/mol. The fraction of sp³-hybridized carbons (Fsp3) is 0.240. The number of aromatic nitrogens is 2. The van der Waals surface area contributed by atoms with Crippen LogP contribution in [-0.2, 0) is 6.54 Å². The molecule has 4 rings (SSSR count). The zero-order chi connectivity index (χ0) is 21.6. The zero-order valence-electron chi connectivity index (χ0n) is 17.3. The average Bonchev–Trinajstić information content (AvgIpc) is 2.80. The minimum Gasteiger partial charge on any atom is -0.356 e. The Bertz CT molecular complexity index is 1180. The Morgan fingerprint density at radius 1 is 1.16 bits per heavy atom. The van der Waals surface area contributed by atoms with Crippen LogP contribution in [0.15, 0.2) is 65.7 Å². The number of pyridine rings is 2. The SMILES string of the molecule is N#Cc1ccccc1Cn1c(N2CCCC(N)C2)ccc(C=Cc2cccnc2)c1=O. The predicted molar refractivity (Wildman–Crippen MR) is 124 cm³/mol. The minimum absolute atomic E-state index is 0.0915. The number of nitrogens with zero attached hydrogens (tertiary/aromatic N) is 4. The smallest absolute Gasteiger partial charge is 0.259 e. The van der Waals surface area contributed by atoms with Crippen molar-refractivity contribution in [3.63, 3.8) is 0 Å². The fourth-order valence-corrected chi connectivity index (χ4v) is 3.96. The first kappa shape index (κ1) is 20.6. The summed E-state index contributed by atoms with van der Waals surface area (Å²) in [6.07, 6.45) is 9.15. The van der Waals surface area contributed by atoms with Crippen molar-refractivity contribution in [2.75, 3.05) is 18.0 Å². The third-order valence-electron chi connectivity index (χ3n) is 5.57. The van der Waals surface area contributed by atoms with Gasteiger partial charge in [-0.05, 0) is 54.3 Å². The second-order valence-corrected chi connectivity index (χ2v) is 7.78. The molecule has 1 atom stereocenters. The lowest BCUT2D eigenvalue weighted by Gasteiger charge is -2.34. The third kappa shape index (κ3) is 4.73. The number of rotatable bonds is 5. The quantitative estimate of drug-likeness (QED) is 0.696. The first-order valence-corrected chi connectivity index (χ1v) is 10.5. The zero-order valence-corrected chi connectivity index (χ0v) is 17.3. The number of benzene rings is 1. The van der Waals surface area contributed by atoms with Crippen LogP contribution in [0.2, 0.25) is 0 Å². The van der Waals surface area contributed by atoms with Crippen molar-refractivity contribution < 1.29 is 0 Å². The summed E-state index contributed by atoms with van der Waals surface area (Å²) in [6.45, 7) is 1.90. The summed E-state index contributed by atoms with van der Waals surface area (Å²) in [4.78, 5) is 19.8. The molecule has 6 heteroatoms. The maximum absolute atomic E-state index is 13.5. The number of nitrogens with two attached hydrogens (primary N) is 1. The highest BCUT2D eigenvalue weighted by molar-refractivity contribution is 5.69. The molecule has 2 N–H and O–H groups in total. The molecule has 2 aromatic heterocycles. The van der Waals surface area contributed by atoms with Gasteiger partial charge in [0.25, 0.3) is 5.56 Å². The van der Waals surface area contributed by atoms with Crippen molar-refractivity contribution in [3.8, 4) is 6.07 Å². The molecule has 6 nitrogen and oxygen atoms in total. The van der Waals surface area contributed by atoms with E-state index in [1.807, 2.05) is 54.6 Å². The molecular formula is C25H25N5O. The van der Waals surface area contributed by atoms with E-state index in [0.717, 1.165) is 36.3 Å². The maximum Gasteiger partial charge on any atom is 0.259 e. The van der Waals surface area contributed by atoms with E-state index in [1.165, 1.54) is 0 Å². The van der Waals surface area contributed by atoms with Gasteiger partial charge in [-0.2, -0.15) is 5.26 Å². The van der Waals surface area contributed by atoms with Crippen LogP contribution in [0.5, 0.6) is 0 Å². The molecule has 1 saturated heterocycles. The number of anilines is 1. The van der Waals surface area contributed by atoms with Gasteiger partial charge < -0.3 is 10.6 Å². The topological polar surface area (TPSA) is 87.9 Å². The summed E-state index contributed by atoms with van der Waals surface area (Å²) in [5.74, 6) is 0.839. The molecule has 1 unspecified atom stereocenters. The largest absolute Gasteiger partial charge is 0.356 e. The van der Waals surface area contributed by atoms with Crippen molar-refractivity contribution in [1.82, 2.24) is 9.55 Å². The Morgan fingerprint density at radius 3 is 2.81 bits per heavy atom. The number of piperidine rings is 1. The second kappa shape index (κ2) is 9.41. The lowest BCUT2D eigenvalue weighted by atomic mass is 10.1. The molecule has 0 bridgehead atoms. The highest BCUT2D eigenvalue weighted by Crippen LogP contribution is 2.21. The highest BCUT2D eigenvalue weighted by atomic mass is 16.1. The van der Waals surface area contributed by atoms with Crippen LogP contribution >= 0.6 is 0 Å². The van der Waals surface area contributed by atoms with Gasteiger partial charge in [0.05, 0.1) is 18.2 Å². The van der Waals surface area contributed by atoms with Crippen LogP contribution in [-0.4, -0.2) is 28.7 Å². The first-order valence-electron chi connectivity index (χ1n) is 10.5. The van der Waals surface area contributed by atoms with E-state index in [9.17, 15) is 10.1 Å². The summed E-state index contributed by atoms with van der Waals surface area (Å²) < 4.78 is 1.76.